The van der Waals surface area contributed by atoms with E-state index in [1.54, 1.807) is 13.0 Å². The molecule has 6 heteroatoms. The molecule has 0 aliphatic rings. The number of nitrogens with zero attached hydrogens (tertiary/aromatic N) is 1. The number of aromatic nitrogens is 3. The third-order valence-corrected chi connectivity index (χ3v) is 3.73. The van der Waals surface area contributed by atoms with Crippen molar-refractivity contribution in [3.05, 3.63) is 69.1 Å². The molecule has 0 spiro atoms. The number of carbonyl (C=O) groups is 1. The molecule has 0 aliphatic heterocycles. The van der Waals surface area contributed by atoms with Gasteiger partial charge in [-0.3, -0.25) is 14.7 Å². The van der Waals surface area contributed by atoms with Crippen LogP contribution in [-0.2, 0) is 0 Å². The highest BCUT2D eigenvalue weighted by Gasteiger charge is 2.12. The Labute approximate surface area is 138 Å². The van der Waals surface area contributed by atoms with Gasteiger partial charge in [0.2, 0.25) is 5.56 Å². The zero-order valence-corrected chi connectivity index (χ0v) is 13.7. The quantitative estimate of drug-likeness (QED) is 0.692. The van der Waals surface area contributed by atoms with Gasteiger partial charge in [0.15, 0.2) is 5.82 Å². The smallest absolute Gasteiger partial charge is 0.258 e. The summed E-state index contributed by atoms with van der Waals surface area (Å²) in [5.41, 5.74) is 4.95. The fraction of sp³-hybridized carbons (Fsp3) is 0.167. The number of hydrogen-bond donors (Lipinski definition) is 3. The van der Waals surface area contributed by atoms with Crippen LogP contribution >= 0.6 is 0 Å². The van der Waals surface area contributed by atoms with Crippen molar-refractivity contribution in [3.63, 3.8) is 0 Å². The molecule has 0 atom stereocenters. The van der Waals surface area contributed by atoms with E-state index in [-0.39, 0.29) is 11.5 Å². The van der Waals surface area contributed by atoms with Crippen LogP contribution in [0.25, 0.3) is 11.3 Å². The van der Waals surface area contributed by atoms with Crippen molar-refractivity contribution in [2.75, 3.05) is 5.32 Å². The second kappa shape index (κ2) is 6.16. The van der Waals surface area contributed by atoms with Gasteiger partial charge >= 0.3 is 0 Å². The van der Waals surface area contributed by atoms with Gasteiger partial charge in [-0.15, -0.1) is 0 Å². The van der Waals surface area contributed by atoms with Crippen LogP contribution in [0.15, 0.2) is 41.3 Å². The maximum Gasteiger partial charge on any atom is 0.258 e. The number of rotatable bonds is 3. The normalized spacial score (nSPS) is 10.6. The molecule has 1 amide bonds. The summed E-state index contributed by atoms with van der Waals surface area (Å²) >= 11 is 0. The molecule has 2 aromatic heterocycles. The fourth-order valence-electron chi connectivity index (χ4n) is 2.67. The second-order valence-electron chi connectivity index (χ2n) is 5.89. The zero-order valence-electron chi connectivity index (χ0n) is 13.7. The number of carbonyl (C=O) groups excluding carboxylic acids is 1. The van der Waals surface area contributed by atoms with E-state index in [9.17, 15) is 9.59 Å². The van der Waals surface area contributed by atoms with Crippen molar-refractivity contribution in [3.8, 4) is 11.3 Å². The lowest BCUT2D eigenvalue weighted by Crippen LogP contribution is -2.16. The molecule has 3 N–H and O–H groups in total. The zero-order chi connectivity index (χ0) is 17.3. The predicted molar refractivity (Wildman–Crippen MR) is 93.3 cm³/mol. The Bertz CT molecular complexity index is 949. The van der Waals surface area contributed by atoms with E-state index in [0.29, 0.717) is 16.9 Å². The highest BCUT2D eigenvalue weighted by atomic mass is 16.2. The summed E-state index contributed by atoms with van der Waals surface area (Å²) in [5, 5.41) is 9.80. The van der Waals surface area contributed by atoms with Crippen LogP contribution in [0.3, 0.4) is 0 Å². The highest BCUT2D eigenvalue weighted by molar-refractivity contribution is 6.04. The lowest BCUT2D eigenvalue weighted by Gasteiger charge is -2.04. The number of hydrogen-bond acceptors (Lipinski definition) is 3. The summed E-state index contributed by atoms with van der Waals surface area (Å²) in [6.45, 7) is 5.79. The van der Waals surface area contributed by atoms with Gasteiger partial charge < -0.3 is 10.3 Å². The molecule has 0 radical (unpaired) electrons. The number of benzene rings is 1. The minimum atomic E-state index is -0.317. The van der Waals surface area contributed by atoms with Crippen LogP contribution in [0.4, 0.5) is 5.82 Å². The van der Waals surface area contributed by atoms with E-state index in [1.165, 1.54) is 12.3 Å². The summed E-state index contributed by atoms with van der Waals surface area (Å²) in [5.74, 6) is 0.113. The first-order valence-electron chi connectivity index (χ1n) is 7.57. The fourth-order valence-corrected chi connectivity index (χ4v) is 2.67. The van der Waals surface area contributed by atoms with Gasteiger partial charge in [-0.25, -0.2) is 0 Å². The van der Waals surface area contributed by atoms with E-state index in [1.807, 2.05) is 13.8 Å². The van der Waals surface area contributed by atoms with Crippen molar-refractivity contribution >= 4 is 11.7 Å². The lowest BCUT2D eigenvalue weighted by atomic mass is 10.1. The Morgan fingerprint density at radius 1 is 1.04 bits per heavy atom. The van der Waals surface area contributed by atoms with Crippen LogP contribution in [0.2, 0.25) is 0 Å². The molecule has 24 heavy (non-hydrogen) atoms. The third kappa shape index (κ3) is 3.27. The van der Waals surface area contributed by atoms with Crippen LogP contribution in [0.5, 0.6) is 0 Å². The van der Waals surface area contributed by atoms with Crippen LogP contribution in [0, 0.1) is 20.8 Å². The summed E-state index contributed by atoms with van der Waals surface area (Å²) in [6.07, 6.45) is 1.41. The number of aryl methyl sites for hydroxylation is 3. The first kappa shape index (κ1) is 15.7. The van der Waals surface area contributed by atoms with Gasteiger partial charge in [-0.2, -0.15) is 5.10 Å². The van der Waals surface area contributed by atoms with Crippen molar-refractivity contribution in [2.24, 2.45) is 0 Å². The van der Waals surface area contributed by atoms with Crippen molar-refractivity contribution < 1.29 is 4.79 Å². The van der Waals surface area contributed by atoms with Gasteiger partial charge in [0.05, 0.1) is 11.3 Å². The van der Waals surface area contributed by atoms with Crippen molar-refractivity contribution in [1.82, 2.24) is 15.2 Å². The van der Waals surface area contributed by atoms with Crippen LogP contribution < -0.4 is 10.9 Å². The molecule has 6 nitrogen and oxygen atoms in total. The van der Waals surface area contributed by atoms with E-state index >= 15 is 0 Å². The number of H-pyrrole nitrogens is 2. The van der Waals surface area contributed by atoms with Gasteiger partial charge in [0.25, 0.3) is 5.91 Å². The molecule has 122 valence electrons. The van der Waals surface area contributed by atoms with E-state index in [0.717, 1.165) is 22.4 Å². The molecular weight excluding hydrogens is 304 g/mol. The van der Waals surface area contributed by atoms with Gasteiger partial charge in [0, 0.05) is 23.9 Å². The Kier molecular flexibility index (Phi) is 4.04. The predicted octanol–water partition coefficient (Wildman–Crippen LogP) is 2.94. The molecule has 0 saturated heterocycles. The molecular formula is C18H18N4O2. The lowest BCUT2D eigenvalue weighted by molar-refractivity contribution is 0.102. The number of pyridine rings is 1. The first-order chi connectivity index (χ1) is 11.4. The maximum atomic E-state index is 12.3. The second-order valence-corrected chi connectivity index (χ2v) is 5.89. The topological polar surface area (TPSA) is 90.6 Å². The number of amides is 1. The largest absolute Gasteiger partial charge is 0.328 e. The Hall–Kier alpha value is -3.15. The Morgan fingerprint density at radius 2 is 1.75 bits per heavy atom. The average molecular weight is 322 g/mol. The Balaban J connectivity index is 1.83. The molecule has 0 saturated carbocycles. The monoisotopic (exact) mass is 322 g/mol. The average Bonchev–Trinajstić information content (AvgIpc) is 2.94. The van der Waals surface area contributed by atoms with Crippen molar-refractivity contribution in [1.29, 1.82) is 0 Å². The first-order valence-corrected chi connectivity index (χ1v) is 7.57. The van der Waals surface area contributed by atoms with Crippen LogP contribution in [0.1, 0.15) is 27.0 Å². The third-order valence-electron chi connectivity index (χ3n) is 3.73. The highest BCUT2D eigenvalue weighted by Crippen LogP contribution is 2.22. The SMILES string of the molecule is Cc1cc(C)cc(-c2cc(NC(=O)c3c[nH]c(=O)cc3C)n[nH]2)c1. The molecule has 0 aliphatic carbocycles. The molecule has 2 heterocycles. The summed E-state index contributed by atoms with van der Waals surface area (Å²) in [7, 11) is 0. The van der Waals surface area contributed by atoms with E-state index < -0.39 is 0 Å². The van der Waals surface area contributed by atoms with Gasteiger partial charge in [-0.05, 0) is 38.5 Å². The van der Waals surface area contributed by atoms with E-state index in [4.69, 9.17) is 0 Å². The molecule has 3 aromatic rings. The number of aromatic amines is 2. The summed E-state index contributed by atoms with van der Waals surface area (Å²) in [4.78, 5) is 26.1. The number of nitrogens with one attached hydrogen (secondary N) is 3. The van der Waals surface area contributed by atoms with Crippen molar-refractivity contribution in [2.45, 2.75) is 20.8 Å². The molecule has 1 aromatic carbocycles. The number of anilines is 1. The minimum absolute atomic E-state index is 0.235. The van der Waals surface area contributed by atoms with Gasteiger partial charge in [0.1, 0.15) is 0 Å². The van der Waals surface area contributed by atoms with E-state index in [2.05, 4.69) is 38.7 Å². The molecule has 0 bridgehead atoms. The standard InChI is InChI=1S/C18H18N4O2/c1-10-4-11(2)6-13(5-10)15-8-16(22-21-15)20-18(24)14-9-19-17(23)7-12(14)3/h4-9H,1-3H3,(H,19,23)(H2,20,21,22,24). The van der Waals surface area contributed by atoms with Gasteiger partial charge in [-0.1, -0.05) is 17.2 Å². The van der Waals surface area contributed by atoms with Crippen LogP contribution in [-0.4, -0.2) is 21.1 Å². The molecule has 0 unspecified atom stereocenters. The summed E-state index contributed by atoms with van der Waals surface area (Å²) in [6, 6.07) is 9.38. The molecule has 0 fully saturated rings. The minimum Gasteiger partial charge on any atom is -0.328 e. The summed E-state index contributed by atoms with van der Waals surface area (Å²) < 4.78 is 0. The Morgan fingerprint density at radius 3 is 2.42 bits per heavy atom. The molecule has 3 rings (SSSR count). The maximum absolute atomic E-state index is 12.3.